The molecular weight excluding hydrogens is 202 g/mol. The van der Waals surface area contributed by atoms with Gasteiger partial charge >= 0.3 is 74.9 Å². The molecule has 0 spiro atoms. The van der Waals surface area contributed by atoms with Gasteiger partial charge in [-0.05, 0) is 0 Å². The molecule has 10 heteroatoms. The van der Waals surface area contributed by atoms with E-state index in [-0.39, 0.29) is 18.9 Å². The molecule has 0 N–H and O–H groups in total. The van der Waals surface area contributed by atoms with Crippen LogP contribution in [0.3, 0.4) is 0 Å². The van der Waals surface area contributed by atoms with E-state index in [9.17, 15) is 31.5 Å². The number of carboxylic acids is 1. The van der Waals surface area contributed by atoms with Crippen LogP contribution in [0.15, 0.2) is 0 Å². The fourth-order valence-corrected chi connectivity index (χ4v) is 0.488. The minimum atomic E-state index is -8.51. The van der Waals surface area contributed by atoms with Gasteiger partial charge in [-0.25, -0.2) is 0 Å². The maximum atomic E-state index is 11.1. The fraction of sp³-hybridized carbons (Fsp3) is 0. The summed E-state index contributed by atoms with van der Waals surface area (Å²) in [5.41, 5.74) is 0. The van der Waals surface area contributed by atoms with Crippen LogP contribution in [0.25, 0.3) is 0 Å². The van der Waals surface area contributed by atoms with Crippen LogP contribution in [0.4, 0.5) is 16.8 Å². The Labute approximate surface area is 75.5 Å². The van der Waals surface area contributed by atoms with Crippen molar-refractivity contribution in [2.75, 3.05) is 0 Å². The number of carbonyl (C=O) groups is 2. The number of rotatable bonds is 1. The van der Waals surface area contributed by atoms with Gasteiger partial charge in [-0.3, -0.25) is 0 Å². The Bertz CT molecular complexity index is 202. The van der Waals surface area contributed by atoms with Crippen molar-refractivity contribution in [2.45, 2.75) is 0 Å². The molecule has 0 aromatic carbocycles. The van der Waals surface area contributed by atoms with Crippen LogP contribution in [0.1, 0.15) is 0 Å². The fourth-order valence-electron chi connectivity index (χ4n) is 0.163. The molecule has 0 saturated heterocycles. The molecule has 66 valence electrons. The second-order valence-electron chi connectivity index (χ2n) is 1.33. The van der Waals surface area contributed by atoms with Crippen LogP contribution >= 0.6 is 8.07 Å². The van der Waals surface area contributed by atoms with E-state index in [1.54, 1.807) is 0 Å². The topological polar surface area (TPSA) is 66.4 Å². The van der Waals surface area contributed by atoms with Gasteiger partial charge in [0.25, 0.3) is 0 Å². The summed E-state index contributed by atoms with van der Waals surface area (Å²) in [4.78, 5) is 18.8. The Morgan fingerprint density at radius 3 is 1.58 bits per heavy atom. The molecule has 0 aliphatic carbocycles. The minimum absolute atomic E-state index is 0. The van der Waals surface area contributed by atoms with Gasteiger partial charge in [-0.2, -0.15) is 0 Å². The Morgan fingerprint density at radius 2 is 1.50 bits per heavy atom. The third kappa shape index (κ3) is 7.79. The maximum Gasteiger partial charge on any atom is 1.00 e. The van der Waals surface area contributed by atoms with Crippen molar-refractivity contribution < 1.29 is 54.9 Å². The smallest absolute Gasteiger partial charge is 1.00 e. The first-order valence-electron chi connectivity index (χ1n) is 1.93. The molecule has 0 unspecified atom stereocenters. The summed E-state index contributed by atoms with van der Waals surface area (Å²) >= 11 is 0. The van der Waals surface area contributed by atoms with Crippen molar-refractivity contribution in [2.24, 2.45) is 0 Å². The third-order valence-electron chi connectivity index (χ3n) is 0.388. The average molecular weight is 202 g/mol. The zero-order valence-electron chi connectivity index (χ0n) is 5.59. The molecular formula is C2F4LiO4P. The average Bonchev–Trinajstić information content (AvgIpc) is 1.57. The number of hydrogen-bond donors (Lipinski definition) is 0. The van der Waals surface area contributed by atoms with Crippen LogP contribution in [0, 0.1) is 0 Å². The first kappa shape index (κ1) is 14.2. The van der Waals surface area contributed by atoms with E-state index in [2.05, 4.69) is 0 Å². The molecule has 12 heavy (non-hydrogen) atoms. The van der Waals surface area contributed by atoms with Gasteiger partial charge in [0.05, 0.1) is 0 Å². The predicted octanol–water partition coefficient (Wildman–Crippen LogP) is -2.71. The van der Waals surface area contributed by atoms with Crippen molar-refractivity contribution >= 4 is 20.0 Å². The first-order valence-corrected chi connectivity index (χ1v) is 3.64. The van der Waals surface area contributed by atoms with Gasteiger partial charge in [0, 0.05) is 0 Å². The van der Waals surface area contributed by atoms with Crippen LogP contribution in [-0.4, -0.2) is 11.9 Å². The molecule has 0 amide bonds. The molecule has 0 fully saturated rings. The van der Waals surface area contributed by atoms with Crippen LogP contribution in [0.2, 0.25) is 0 Å². The number of halogens is 4. The van der Waals surface area contributed by atoms with Crippen LogP contribution in [-0.2, 0) is 14.1 Å². The summed E-state index contributed by atoms with van der Waals surface area (Å²) in [6.07, 6.45) is 0. The molecule has 0 aliphatic heterocycles. The predicted molar refractivity (Wildman–Crippen MR) is 22.5 cm³/mol. The van der Waals surface area contributed by atoms with E-state index in [1.807, 2.05) is 4.52 Å². The van der Waals surface area contributed by atoms with E-state index >= 15 is 0 Å². The Balaban J connectivity index is 0. The minimum Gasteiger partial charge on any atom is 1.00 e. The zero-order chi connectivity index (χ0) is 9.31. The number of hydrogen-bond acceptors (Lipinski definition) is 4. The van der Waals surface area contributed by atoms with Crippen molar-refractivity contribution in [3.8, 4) is 0 Å². The summed E-state index contributed by atoms with van der Waals surface area (Å²) in [5.74, 6) is -5.53. The van der Waals surface area contributed by atoms with Gasteiger partial charge in [-0.1, -0.05) is 0 Å². The summed E-state index contributed by atoms with van der Waals surface area (Å²) in [6.45, 7) is 0. The molecule has 0 atom stereocenters. The van der Waals surface area contributed by atoms with Crippen molar-refractivity contribution in [1.29, 1.82) is 0 Å². The van der Waals surface area contributed by atoms with Crippen LogP contribution in [0.5, 0.6) is 0 Å². The summed E-state index contributed by atoms with van der Waals surface area (Å²) in [7, 11) is -8.51. The van der Waals surface area contributed by atoms with E-state index in [4.69, 9.17) is 0 Å². The van der Waals surface area contributed by atoms with Crippen molar-refractivity contribution in [3.63, 3.8) is 0 Å². The zero-order valence-corrected chi connectivity index (χ0v) is 6.49. The van der Waals surface area contributed by atoms with Gasteiger partial charge in [0.2, 0.25) is 0 Å². The van der Waals surface area contributed by atoms with Crippen molar-refractivity contribution in [3.05, 3.63) is 0 Å². The van der Waals surface area contributed by atoms with E-state index in [1.165, 1.54) is 0 Å². The second-order valence-corrected chi connectivity index (χ2v) is 2.83. The number of carboxylic acid groups (broad SMARTS) is 1. The quantitative estimate of drug-likeness (QED) is 0.200. The van der Waals surface area contributed by atoms with Crippen LogP contribution < -0.4 is 24.0 Å². The molecule has 0 bridgehead atoms. The summed E-state index contributed by atoms with van der Waals surface area (Å²) < 4.78 is 46.4. The molecule has 0 saturated carbocycles. The maximum absolute atomic E-state index is 11.1. The Morgan fingerprint density at radius 1 is 1.17 bits per heavy atom. The molecule has 0 heterocycles. The van der Waals surface area contributed by atoms with Gasteiger partial charge in [0.1, 0.15) is 0 Å². The normalized spacial score (nSPS) is 13.5. The molecule has 0 rings (SSSR count). The van der Waals surface area contributed by atoms with Gasteiger partial charge in [-0.15, -0.1) is 0 Å². The Kier molecular flexibility index (Phi) is 4.27. The van der Waals surface area contributed by atoms with Gasteiger partial charge in [0.15, 0.2) is 0 Å². The molecule has 0 aromatic rings. The van der Waals surface area contributed by atoms with Gasteiger partial charge < -0.3 is 0 Å². The number of aliphatic carboxylic acids is 1. The van der Waals surface area contributed by atoms with E-state index in [0.29, 0.717) is 0 Å². The Hall–Kier alpha value is -0.313. The largest absolute Gasteiger partial charge is 1.00 e. The van der Waals surface area contributed by atoms with E-state index < -0.39 is 20.0 Å². The molecule has 0 aliphatic rings. The molecule has 4 nitrogen and oxygen atoms in total. The SMILES string of the molecule is O=C([O-])C(=O)OP(F)(F)(F)F.[Li+]. The van der Waals surface area contributed by atoms with E-state index in [0.717, 1.165) is 0 Å². The molecule has 0 aromatic heterocycles. The first-order chi connectivity index (χ1) is 4.58. The molecule has 0 radical (unpaired) electrons. The monoisotopic (exact) mass is 202 g/mol. The summed E-state index contributed by atoms with van der Waals surface area (Å²) in [5, 5.41) is 9.29. The number of carbonyl (C=O) groups excluding carboxylic acids is 2. The third-order valence-corrected chi connectivity index (χ3v) is 0.829. The standard InChI is InChI=1S/C2HF4O4P.Li/c3-11(4,5,6)10-2(9)1(7)8;/h(H,7,8);/q;+1/p-1. The van der Waals surface area contributed by atoms with Crippen molar-refractivity contribution in [1.82, 2.24) is 0 Å². The summed E-state index contributed by atoms with van der Waals surface area (Å²) in [6, 6.07) is 0. The second kappa shape index (κ2) is 3.60.